The van der Waals surface area contributed by atoms with Gasteiger partial charge in [0.1, 0.15) is 0 Å². The van der Waals surface area contributed by atoms with Gasteiger partial charge in [0.15, 0.2) is 0 Å². The SMILES string of the molecule is c1cc2cc3cnc2cc13. The zero-order valence-electron chi connectivity index (χ0n) is 5.33. The van der Waals surface area contributed by atoms with Gasteiger partial charge in [0.25, 0.3) is 0 Å². The molecule has 1 heteroatoms. The van der Waals surface area contributed by atoms with Crippen molar-refractivity contribution < 1.29 is 0 Å². The molecule has 0 spiro atoms. The van der Waals surface area contributed by atoms with E-state index in [4.69, 9.17) is 0 Å². The van der Waals surface area contributed by atoms with Crippen molar-refractivity contribution in [2.45, 2.75) is 0 Å². The lowest BCUT2D eigenvalue weighted by atomic mass is 10.0. The Labute approximate surface area is 58.0 Å². The number of rotatable bonds is 0. The van der Waals surface area contributed by atoms with Crippen molar-refractivity contribution in [1.82, 2.24) is 4.98 Å². The lowest BCUT2D eigenvalue weighted by Gasteiger charge is -2.05. The molecular weight excluding hydrogens is 122 g/mol. The van der Waals surface area contributed by atoms with Crippen molar-refractivity contribution in [1.29, 1.82) is 0 Å². The summed E-state index contributed by atoms with van der Waals surface area (Å²) in [7, 11) is 0. The summed E-state index contributed by atoms with van der Waals surface area (Å²) in [6, 6.07) is 8.56. The molecule has 0 fully saturated rings. The molecule has 0 amide bonds. The molecule has 0 unspecified atom stereocenters. The number of fused-ring (bicyclic) bond motifs is 2. The van der Waals surface area contributed by atoms with Crippen LogP contribution in [0.3, 0.4) is 0 Å². The largest absolute Gasteiger partial charge is 0.256 e. The molecule has 46 valence electrons. The second-order valence-corrected chi connectivity index (χ2v) is 2.63. The van der Waals surface area contributed by atoms with Gasteiger partial charge in [0, 0.05) is 17.0 Å². The van der Waals surface area contributed by atoms with Gasteiger partial charge in [0.05, 0.1) is 5.52 Å². The minimum atomic E-state index is 1.12. The molecule has 0 atom stereocenters. The van der Waals surface area contributed by atoms with Crippen LogP contribution >= 0.6 is 0 Å². The lowest BCUT2D eigenvalue weighted by molar-refractivity contribution is 1.43. The first-order valence-corrected chi connectivity index (χ1v) is 3.34. The maximum absolute atomic E-state index is 4.24. The maximum atomic E-state index is 4.24. The predicted octanol–water partition coefficient (Wildman–Crippen LogP) is 2.26. The highest BCUT2D eigenvalue weighted by molar-refractivity contribution is 6.00. The average molecular weight is 127 g/mol. The fraction of sp³-hybridized carbons (Fsp3) is 0. The predicted molar refractivity (Wildman–Crippen MR) is 41.6 cm³/mol. The molecule has 4 bridgehead atoms. The highest BCUT2D eigenvalue weighted by Crippen LogP contribution is 2.25. The Balaban J connectivity index is 2.91. The van der Waals surface area contributed by atoms with Crippen LogP contribution in [0.25, 0.3) is 21.7 Å². The molecule has 2 aromatic heterocycles. The Morgan fingerprint density at radius 2 is 1.80 bits per heavy atom. The monoisotopic (exact) mass is 127 g/mol. The number of nitrogens with zero attached hydrogens (tertiary/aromatic N) is 1. The average Bonchev–Trinajstić information content (AvgIpc) is 2.05. The van der Waals surface area contributed by atoms with Gasteiger partial charge in [0.2, 0.25) is 0 Å². The van der Waals surface area contributed by atoms with Crippen molar-refractivity contribution in [3.05, 3.63) is 30.5 Å². The lowest BCUT2D eigenvalue weighted by Crippen LogP contribution is -1.84. The summed E-state index contributed by atoms with van der Waals surface area (Å²) in [4.78, 5) is 4.24. The highest BCUT2D eigenvalue weighted by Gasteiger charge is 2.01. The minimum Gasteiger partial charge on any atom is -0.256 e. The fourth-order valence-electron chi connectivity index (χ4n) is 1.46. The topological polar surface area (TPSA) is 12.9 Å². The van der Waals surface area contributed by atoms with E-state index in [1.807, 2.05) is 6.20 Å². The summed E-state index contributed by atoms with van der Waals surface area (Å²) in [5.74, 6) is 0. The number of aromatic nitrogens is 1. The van der Waals surface area contributed by atoms with E-state index in [0.717, 1.165) is 5.52 Å². The molecule has 1 nitrogen and oxygen atoms in total. The second kappa shape index (κ2) is 1.21. The van der Waals surface area contributed by atoms with Crippen LogP contribution in [0.4, 0.5) is 0 Å². The molecular formula is C9H5N. The van der Waals surface area contributed by atoms with E-state index in [9.17, 15) is 0 Å². The Morgan fingerprint density at radius 1 is 0.900 bits per heavy atom. The van der Waals surface area contributed by atoms with Crippen molar-refractivity contribution in [3.63, 3.8) is 0 Å². The van der Waals surface area contributed by atoms with Crippen molar-refractivity contribution in [2.24, 2.45) is 0 Å². The van der Waals surface area contributed by atoms with Gasteiger partial charge in [-0.15, -0.1) is 0 Å². The molecule has 5 rings (SSSR count). The highest BCUT2D eigenvalue weighted by atomic mass is 14.7. The molecule has 0 radical (unpaired) electrons. The van der Waals surface area contributed by atoms with E-state index in [2.05, 4.69) is 29.2 Å². The summed E-state index contributed by atoms with van der Waals surface area (Å²) < 4.78 is 0. The van der Waals surface area contributed by atoms with Crippen LogP contribution < -0.4 is 0 Å². The maximum Gasteiger partial charge on any atom is 0.0708 e. The summed E-state index contributed by atoms with van der Waals surface area (Å²) in [5, 5.41) is 3.82. The van der Waals surface area contributed by atoms with Gasteiger partial charge in [-0.1, -0.05) is 12.1 Å². The quantitative estimate of drug-likeness (QED) is 0.451. The van der Waals surface area contributed by atoms with Crippen LogP contribution in [0.2, 0.25) is 0 Å². The molecule has 0 saturated heterocycles. The van der Waals surface area contributed by atoms with Crippen LogP contribution in [0.15, 0.2) is 30.5 Å². The normalized spacial score (nSPS) is 12.0. The van der Waals surface area contributed by atoms with Gasteiger partial charge < -0.3 is 0 Å². The molecule has 0 aliphatic heterocycles. The van der Waals surface area contributed by atoms with Crippen LogP contribution in [0.5, 0.6) is 0 Å². The molecule has 3 aromatic carbocycles. The molecule has 0 saturated carbocycles. The van der Waals surface area contributed by atoms with E-state index < -0.39 is 0 Å². The third kappa shape index (κ3) is 0.346. The smallest absolute Gasteiger partial charge is 0.0708 e. The van der Waals surface area contributed by atoms with Crippen molar-refractivity contribution >= 4 is 21.7 Å². The Hall–Kier alpha value is -1.37. The van der Waals surface area contributed by atoms with Gasteiger partial charge in [-0.3, -0.25) is 4.98 Å². The van der Waals surface area contributed by atoms with Crippen LogP contribution in [0.1, 0.15) is 0 Å². The molecule has 5 aromatic rings. The second-order valence-electron chi connectivity index (χ2n) is 2.63. The molecule has 10 heavy (non-hydrogen) atoms. The molecule has 0 aliphatic carbocycles. The zero-order chi connectivity index (χ0) is 6.55. The van der Waals surface area contributed by atoms with E-state index in [-0.39, 0.29) is 0 Å². The Kier molecular flexibility index (Phi) is 0.539. The third-order valence-electron chi connectivity index (χ3n) is 2.02. The van der Waals surface area contributed by atoms with Gasteiger partial charge in [-0.2, -0.15) is 0 Å². The summed E-state index contributed by atoms with van der Waals surface area (Å²) in [5.41, 5.74) is 1.12. The standard InChI is InChI=1S/C9H5N/c1-2-7-3-8-5-10-9(7)4-6(1)8/h1-5H. The van der Waals surface area contributed by atoms with Crippen molar-refractivity contribution in [2.75, 3.05) is 0 Å². The fourth-order valence-corrected chi connectivity index (χ4v) is 1.46. The van der Waals surface area contributed by atoms with Crippen LogP contribution in [-0.2, 0) is 0 Å². The summed E-state index contributed by atoms with van der Waals surface area (Å²) in [6.07, 6.45) is 1.93. The first kappa shape index (κ1) is 4.45. The van der Waals surface area contributed by atoms with Gasteiger partial charge in [-0.25, -0.2) is 0 Å². The zero-order valence-corrected chi connectivity index (χ0v) is 5.33. The molecule has 0 N–H and O–H groups in total. The number of benzene rings is 3. The van der Waals surface area contributed by atoms with E-state index >= 15 is 0 Å². The number of pyridine rings is 2. The minimum absolute atomic E-state index is 1.12. The molecule has 2 heterocycles. The van der Waals surface area contributed by atoms with Gasteiger partial charge >= 0.3 is 0 Å². The van der Waals surface area contributed by atoms with E-state index in [0.29, 0.717) is 0 Å². The van der Waals surface area contributed by atoms with Crippen LogP contribution in [-0.4, -0.2) is 4.98 Å². The first-order valence-electron chi connectivity index (χ1n) is 3.34. The van der Waals surface area contributed by atoms with E-state index in [1.165, 1.54) is 16.2 Å². The third-order valence-corrected chi connectivity index (χ3v) is 2.02. The molecule has 0 aliphatic rings. The summed E-state index contributed by atoms with van der Waals surface area (Å²) in [6.45, 7) is 0. The Morgan fingerprint density at radius 3 is 2.30 bits per heavy atom. The van der Waals surface area contributed by atoms with Crippen LogP contribution in [0, 0.1) is 0 Å². The van der Waals surface area contributed by atoms with Gasteiger partial charge in [-0.05, 0) is 17.5 Å². The number of hydrogen-bond acceptors (Lipinski definition) is 1. The number of hydrogen-bond donors (Lipinski definition) is 0. The van der Waals surface area contributed by atoms with E-state index in [1.54, 1.807) is 0 Å². The Bertz CT molecular complexity index is 374. The summed E-state index contributed by atoms with van der Waals surface area (Å²) >= 11 is 0. The van der Waals surface area contributed by atoms with Crippen molar-refractivity contribution in [3.8, 4) is 0 Å². The first-order chi connectivity index (χ1) is 4.93.